The number of rotatable bonds is 8. The molecule has 2 saturated heterocycles. The maximum atomic E-state index is 13.4. The molecule has 0 bridgehead atoms. The number of anilines is 4. The third kappa shape index (κ3) is 10.0. The summed E-state index contributed by atoms with van der Waals surface area (Å²) >= 11 is 0.517. The fraction of sp³-hybridized carbons (Fsp3) is 0.293. The number of aromatic nitrogens is 6. The van der Waals surface area contributed by atoms with Crippen molar-refractivity contribution in [1.29, 1.82) is 0 Å². The van der Waals surface area contributed by atoms with Crippen molar-refractivity contribution in [2.24, 2.45) is 18.9 Å². The lowest BCUT2D eigenvalue weighted by Gasteiger charge is -2.39. The minimum absolute atomic E-state index is 0.00621. The van der Waals surface area contributed by atoms with Gasteiger partial charge < -0.3 is 25.8 Å². The number of hydrogen-bond acceptors (Lipinski definition) is 10. The van der Waals surface area contributed by atoms with Crippen molar-refractivity contribution in [1.82, 2.24) is 39.5 Å². The first-order chi connectivity index (χ1) is 29.0. The molecular formula is C41H41F5N12O2S. The molecule has 4 aromatic heterocycles. The van der Waals surface area contributed by atoms with Gasteiger partial charge in [0.15, 0.2) is 11.6 Å². The van der Waals surface area contributed by atoms with Crippen LogP contribution in [-0.2, 0) is 26.1 Å². The van der Waals surface area contributed by atoms with Crippen LogP contribution in [0.4, 0.5) is 54.6 Å². The number of aryl methyl sites for hydroxylation is 3. The molecule has 2 aromatic carbocycles. The average molecular weight is 861 g/mol. The van der Waals surface area contributed by atoms with E-state index in [1.165, 1.54) is 29.2 Å². The molecule has 2 fully saturated rings. The van der Waals surface area contributed by atoms with Crippen LogP contribution in [-0.4, -0.2) is 77.8 Å². The molecular weight excluding hydrogens is 820 g/mol. The van der Waals surface area contributed by atoms with Crippen LogP contribution in [0.3, 0.4) is 0 Å². The zero-order valence-corrected chi connectivity index (χ0v) is 34.0. The molecule has 0 saturated carbocycles. The lowest BCUT2D eigenvalue weighted by atomic mass is 9.96. The zero-order valence-electron chi connectivity index (χ0n) is 33.2. The second-order valence-corrected chi connectivity index (χ2v) is 16.0. The molecule has 4 amide bonds. The standard InChI is InChI=1S/C21H23FN6O.C20H18F4N6OS/c1-13-9-15(22)3-4-16(13)18-6-5-17(23)20(25-18)26-21(29)28-11-14(12-28)10-19-24-7-8-27(19)2;1-10-6-12(21)2-3-13(10)15-5-4-14(25)17(26-15)27-19(31)30-8-11(9-30)7-16-28-29-18(32-16)20(22,23)24/h3-9,14H,10-12,23H2,1-2H3,(H,25,26,29);2-6,11H,7-9,25H2,1H3,(H,26,27,31). The van der Waals surface area contributed by atoms with E-state index in [0.29, 0.717) is 83.9 Å². The number of nitrogens with two attached hydrogens (primary N) is 2. The van der Waals surface area contributed by atoms with E-state index < -0.39 is 17.2 Å². The van der Waals surface area contributed by atoms with Gasteiger partial charge in [-0.2, -0.15) is 13.2 Å². The predicted octanol–water partition coefficient (Wildman–Crippen LogP) is 7.57. The minimum Gasteiger partial charge on any atom is -0.396 e. The molecule has 2 aliphatic rings. The summed E-state index contributed by atoms with van der Waals surface area (Å²) in [7, 11) is 1.97. The van der Waals surface area contributed by atoms with Gasteiger partial charge in [-0.05, 0) is 85.6 Å². The molecule has 6 N–H and O–H groups in total. The van der Waals surface area contributed by atoms with Gasteiger partial charge in [-0.1, -0.05) is 11.3 Å². The summed E-state index contributed by atoms with van der Waals surface area (Å²) in [4.78, 5) is 41.6. The number of nitrogen functional groups attached to an aromatic ring is 2. The number of halogens is 5. The van der Waals surface area contributed by atoms with Crippen LogP contribution >= 0.6 is 11.3 Å². The minimum atomic E-state index is -4.50. The number of nitrogens with one attached hydrogen (secondary N) is 2. The molecule has 0 unspecified atom stereocenters. The number of pyridine rings is 2. The van der Waals surface area contributed by atoms with Crippen LogP contribution in [0.25, 0.3) is 22.5 Å². The lowest BCUT2D eigenvalue weighted by Crippen LogP contribution is -2.52. The van der Waals surface area contributed by atoms with Gasteiger partial charge in [-0.15, -0.1) is 10.2 Å². The molecule has 0 spiro atoms. The maximum Gasteiger partial charge on any atom is 0.445 e. The smallest absolute Gasteiger partial charge is 0.396 e. The first-order valence-corrected chi connectivity index (χ1v) is 19.9. The number of benzene rings is 2. The summed E-state index contributed by atoms with van der Waals surface area (Å²) in [6, 6.07) is 14.9. The van der Waals surface area contributed by atoms with Gasteiger partial charge in [-0.3, -0.25) is 10.6 Å². The number of urea groups is 2. The molecule has 6 aromatic rings. The highest BCUT2D eigenvalue weighted by Gasteiger charge is 2.37. The van der Waals surface area contributed by atoms with E-state index in [1.54, 1.807) is 54.4 Å². The molecule has 318 valence electrons. The summed E-state index contributed by atoms with van der Waals surface area (Å²) in [6.45, 7) is 5.62. The number of carbonyl (C=O) groups excluding carboxylic acids is 2. The molecule has 0 atom stereocenters. The molecule has 20 heteroatoms. The van der Waals surface area contributed by atoms with Crippen molar-refractivity contribution in [3.8, 4) is 22.5 Å². The van der Waals surface area contributed by atoms with E-state index >= 15 is 0 Å². The van der Waals surface area contributed by atoms with Crippen molar-refractivity contribution in [2.75, 3.05) is 48.3 Å². The summed E-state index contributed by atoms with van der Waals surface area (Å²) in [5.74, 6) is 1.23. The Labute approximate surface area is 350 Å². The van der Waals surface area contributed by atoms with Crippen molar-refractivity contribution in [3.05, 3.63) is 112 Å². The highest BCUT2D eigenvalue weighted by atomic mass is 32.1. The van der Waals surface area contributed by atoms with E-state index in [-0.39, 0.29) is 40.1 Å². The summed E-state index contributed by atoms with van der Waals surface area (Å²) < 4.78 is 66.6. The summed E-state index contributed by atoms with van der Waals surface area (Å²) in [5.41, 5.74) is 16.7. The number of carbonyl (C=O) groups is 2. The van der Waals surface area contributed by atoms with Gasteiger partial charge >= 0.3 is 18.2 Å². The molecule has 14 nitrogen and oxygen atoms in total. The quantitative estimate of drug-likeness (QED) is 0.112. The molecule has 2 aliphatic heterocycles. The zero-order chi connectivity index (χ0) is 43.6. The highest BCUT2D eigenvalue weighted by Crippen LogP contribution is 2.34. The molecule has 0 aliphatic carbocycles. The Morgan fingerprint density at radius 1 is 0.754 bits per heavy atom. The van der Waals surface area contributed by atoms with E-state index in [0.717, 1.165) is 23.4 Å². The Morgan fingerprint density at radius 3 is 1.67 bits per heavy atom. The van der Waals surface area contributed by atoms with E-state index in [9.17, 15) is 31.5 Å². The number of likely N-dealkylation sites (tertiary alicyclic amines) is 2. The van der Waals surface area contributed by atoms with Crippen LogP contribution in [0.2, 0.25) is 0 Å². The first-order valence-electron chi connectivity index (χ1n) is 19.0. The van der Waals surface area contributed by atoms with Gasteiger partial charge in [0.2, 0.25) is 5.01 Å². The van der Waals surface area contributed by atoms with Gasteiger partial charge in [0.1, 0.15) is 22.5 Å². The number of amides is 4. The van der Waals surface area contributed by atoms with Crippen LogP contribution in [0.5, 0.6) is 0 Å². The number of nitrogens with zero attached hydrogens (tertiary/aromatic N) is 8. The van der Waals surface area contributed by atoms with Gasteiger partial charge in [0.05, 0.1) is 22.8 Å². The molecule has 8 rings (SSSR count). The summed E-state index contributed by atoms with van der Waals surface area (Å²) in [5, 5.41) is 11.5. The average Bonchev–Trinajstić information content (AvgIpc) is 3.82. The van der Waals surface area contributed by atoms with Crippen LogP contribution in [0.1, 0.15) is 27.0 Å². The van der Waals surface area contributed by atoms with Crippen LogP contribution in [0, 0.1) is 37.3 Å². The summed E-state index contributed by atoms with van der Waals surface area (Å²) in [6.07, 6.45) is 0.352. The fourth-order valence-electron chi connectivity index (χ4n) is 6.91. The number of alkyl halides is 3. The lowest BCUT2D eigenvalue weighted by molar-refractivity contribution is -0.138. The van der Waals surface area contributed by atoms with Gasteiger partial charge in [0, 0.05) is 81.4 Å². The van der Waals surface area contributed by atoms with E-state index in [4.69, 9.17) is 11.5 Å². The molecule has 0 radical (unpaired) electrons. The van der Waals surface area contributed by atoms with Gasteiger partial charge in [0.25, 0.3) is 0 Å². The Balaban J connectivity index is 0.000000185. The number of hydrogen-bond donors (Lipinski definition) is 4. The van der Waals surface area contributed by atoms with Crippen molar-refractivity contribution < 1.29 is 31.5 Å². The normalized spacial score (nSPS) is 14.2. The Bertz CT molecular complexity index is 2570. The van der Waals surface area contributed by atoms with Crippen molar-refractivity contribution >= 4 is 46.4 Å². The Morgan fingerprint density at radius 2 is 1.25 bits per heavy atom. The van der Waals surface area contributed by atoms with Crippen LogP contribution in [0.15, 0.2) is 73.1 Å². The third-order valence-corrected chi connectivity index (χ3v) is 11.3. The SMILES string of the molecule is Cc1cc(F)ccc1-c1ccc(N)c(NC(=O)N2CC(Cc3nccn3C)C2)n1.Cc1cc(F)ccc1-c1ccc(N)c(NC(=O)N2CC(Cc3nnc(C(F)(F)F)s3)C2)n1. The monoisotopic (exact) mass is 860 g/mol. The number of imidazole rings is 1. The third-order valence-electron chi connectivity index (χ3n) is 10.3. The Kier molecular flexibility index (Phi) is 12.2. The Hall–Kier alpha value is -6.70. The second-order valence-electron chi connectivity index (χ2n) is 15.0. The molecule has 61 heavy (non-hydrogen) atoms. The maximum absolute atomic E-state index is 13.4. The predicted molar refractivity (Wildman–Crippen MR) is 221 cm³/mol. The van der Waals surface area contributed by atoms with Crippen LogP contribution < -0.4 is 22.1 Å². The molecule has 6 heterocycles. The van der Waals surface area contributed by atoms with Crippen molar-refractivity contribution in [3.63, 3.8) is 0 Å². The largest absolute Gasteiger partial charge is 0.445 e. The van der Waals surface area contributed by atoms with Gasteiger partial charge in [-0.25, -0.2) is 33.3 Å². The highest BCUT2D eigenvalue weighted by molar-refractivity contribution is 7.11. The second kappa shape index (κ2) is 17.5. The van der Waals surface area contributed by atoms with Crippen molar-refractivity contribution in [2.45, 2.75) is 32.9 Å². The topological polar surface area (TPSA) is 186 Å². The fourth-order valence-corrected chi connectivity index (χ4v) is 7.73. The van der Waals surface area contributed by atoms with E-state index in [1.807, 2.05) is 24.7 Å². The van der Waals surface area contributed by atoms with E-state index in [2.05, 4.69) is 35.8 Å². The first kappa shape index (κ1) is 42.4.